The second kappa shape index (κ2) is 5.35. The van der Waals surface area contributed by atoms with Crippen LogP contribution < -0.4 is 15.6 Å². The minimum atomic E-state index is -4.05. The molecule has 9 heteroatoms. The molecule has 0 fully saturated rings. The Morgan fingerprint density at radius 1 is 0.905 bits per heavy atom. The molecule has 0 aliphatic rings. The molecular weight excluding hydrogens is 314 g/mol. The fraction of sp³-hybridized carbons (Fsp3) is 0. The second-order valence-corrected chi connectivity index (χ2v) is 7.43. The molecule has 0 aromatic heterocycles. The summed E-state index contributed by atoms with van der Waals surface area (Å²) < 4.78 is 49.6. The van der Waals surface area contributed by atoms with Crippen molar-refractivity contribution in [3.63, 3.8) is 0 Å². The van der Waals surface area contributed by atoms with E-state index in [4.69, 9.17) is 10.9 Å². The van der Waals surface area contributed by atoms with E-state index in [-0.39, 0.29) is 21.2 Å². The van der Waals surface area contributed by atoms with Crippen molar-refractivity contribution >= 4 is 31.4 Å². The number of nitrogens with one attached hydrogen (secondary N) is 1. The highest BCUT2D eigenvalue weighted by atomic mass is 32.2. The summed E-state index contributed by atoms with van der Waals surface area (Å²) in [5.41, 5.74) is 5.69. The molecule has 0 saturated heterocycles. The van der Waals surface area contributed by atoms with Crippen LogP contribution in [0.25, 0.3) is 0 Å². The Labute approximate surface area is 122 Å². The molecule has 0 atom stereocenters. The molecule has 0 aliphatic carbocycles. The highest BCUT2D eigenvalue weighted by Crippen LogP contribution is 2.23. The second-order valence-electron chi connectivity index (χ2n) is 4.22. The Balaban J connectivity index is 2.48. The van der Waals surface area contributed by atoms with E-state index in [2.05, 4.69) is 4.72 Å². The first-order valence-corrected chi connectivity index (χ1v) is 8.73. The van der Waals surface area contributed by atoms with Crippen LogP contribution in [0.4, 0.5) is 11.4 Å². The molecule has 5 N–H and O–H groups in total. The Bertz CT molecular complexity index is 877. The first kappa shape index (κ1) is 15.3. The van der Waals surface area contributed by atoms with Gasteiger partial charge >= 0.3 is 0 Å². The van der Waals surface area contributed by atoms with E-state index < -0.39 is 20.0 Å². The normalized spacial score (nSPS) is 12.0. The largest absolute Gasteiger partial charge is 0.399 e. The van der Waals surface area contributed by atoms with Gasteiger partial charge in [0.1, 0.15) is 4.90 Å². The van der Waals surface area contributed by atoms with Gasteiger partial charge in [-0.05, 0) is 30.3 Å². The van der Waals surface area contributed by atoms with Crippen LogP contribution in [0.15, 0.2) is 58.3 Å². The van der Waals surface area contributed by atoms with Crippen molar-refractivity contribution in [1.29, 1.82) is 0 Å². The van der Waals surface area contributed by atoms with E-state index in [0.29, 0.717) is 0 Å². The molecule has 2 aromatic carbocycles. The fourth-order valence-electron chi connectivity index (χ4n) is 1.68. The Hall–Kier alpha value is -2.10. The molecule has 0 amide bonds. The first-order valence-electron chi connectivity index (χ1n) is 5.70. The molecule has 0 aliphatic heterocycles. The lowest BCUT2D eigenvalue weighted by molar-refractivity contribution is 0.598. The summed E-state index contributed by atoms with van der Waals surface area (Å²) in [4.78, 5) is -0.385. The molecule has 0 heterocycles. The number of hydrogen-bond donors (Lipinski definition) is 3. The number of para-hydroxylation sites is 1. The number of nitrogen functional groups attached to an aromatic ring is 1. The first-order chi connectivity index (χ1) is 9.70. The molecule has 112 valence electrons. The topological polar surface area (TPSA) is 132 Å². The lowest BCUT2D eigenvalue weighted by atomic mass is 10.3. The van der Waals surface area contributed by atoms with Crippen molar-refractivity contribution in [3.05, 3.63) is 48.5 Å². The number of primary sulfonamides is 1. The van der Waals surface area contributed by atoms with Gasteiger partial charge in [-0.1, -0.05) is 18.2 Å². The predicted octanol–water partition coefficient (Wildman–Crippen LogP) is 0.717. The fourth-order valence-corrected chi connectivity index (χ4v) is 3.58. The molecule has 0 radical (unpaired) electrons. The smallest absolute Gasteiger partial charge is 0.262 e. The predicted molar refractivity (Wildman–Crippen MR) is 79.5 cm³/mol. The van der Waals surface area contributed by atoms with E-state index in [0.717, 1.165) is 0 Å². The summed E-state index contributed by atoms with van der Waals surface area (Å²) in [7, 11) is -8.02. The summed E-state index contributed by atoms with van der Waals surface area (Å²) in [6.07, 6.45) is 0. The molecule has 7 nitrogen and oxygen atoms in total. The number of hydrogen-bond acceptors (Lipinski definition) is 5. The van der Waals surface area contributed by atoms with Crippen molar-refractivity contribution in [2.75, 3.05) is 10.5 Å². The number of benzene rings is 2. The molecule has 0 saturated carbocycles. The minimum Gasteiger partial charge on any atom is -0.399 e. The lowest BCUT2D eigenvalue weighted by Crippen LogP contribution is -2.18. The zero-order valence-corrected chi connectivity index (χ0v) is 12.4. The Kier molecular flexibility index (Phi) is 3.90. The van der Waals surface area contributed by atoms with Gasteiger partial charge in [0.25, 0.3) is 10.0 Å². The summed E-state index contributed by atoms with van der Waals surface area (Å²) in [6.45, 7) is 0. The van der Waals surface area contributed by atoms with Gasteiger partial charge in [0.15, 0.2) is 0 Å². The van der Waals surface area contributed by atoms with Crippen LogP contribution in [0.1, 0.15) is 0 Å². The van der Waals surface area contributed by atoms with Crippen LogP contribution >= 0.6 is 0 Å². The molecule has 0 bridgehead atoms. The summed E-state index contributed by atoms with van der Waals surface area (Å²) >= 11 is 0. The van der Waals surface area contributed by atoms with Gasteiger partial charge < -0.3 is 5.73 Å². The third-order valence-corrected chi connectivity index (χ3v) is 4.94. The SMILES string of the molecule is Nc1cccc(S(=O)(=O)Nc2ccccc2S(N)(=O)=O)c1. The maximum Gasteiger partial charge on any atom is 0.262 e. The molecule has 2 rings (SSSR count). The maximum absolute atomic E-state index is 12.2. The van der Waals surface area contributed by atoms with Gasteiger partial charge in [-0.3, -0.25) is 4.72 Å². The zero-order valence-electron chi connectivity index (χ0n) is 10.7. The van der Waals surface area contributed by atoms with Gasteiger partial charge in [-0.15, -0.1) is 0 Å². The average molecular weight is 327 g/mol. The van der Waals surface area contributed by atoms with Gasteiger partial charge in [0, 0.05) is 5.69 Å². The van der Waals surface area contributed by atoms with E-state index in [1.54, 1.807) is 0 Å². The highest BCUT2D eigenvalue weighted by molar-refractivity contribution is 7.93. The Morgan fingerprint density at radius 2 is 1.57 bits per heavy atom. The van der Waals surface area contributed by atoms with Crippen LogP contribution in [0.3, 0.4) is 0 Å². The third kappa shape index (κ3) is 3.51. The van der Waals surface area contributed by atoms with Gasteiger partial charge in [0.05, 0.1) is 10.6 Å². The highest BCUT2D eigenvalue weighted by Gasteiger charge is 2.19. The average Bonchev–Trinajstić information content (AvgIpc) is 2.37. The number of nitrogens with two attached hydrogens (primary N) is 2. The van der Waals surface area contributed by atoms with Gasteiger partial charge in [-0.2, -0.15) is 0 Å². The van der Waals surface area contributed by atoms with Crippen molar-refractivity contribution in [3.8, 4) is 0 Å². The van der Waals surface area contributed by atoms with E-state index in [1.807, 2.05) is 0 Å². The van der Waals surface area contributed by atoms with E-state index in [9.17, 15) is 16.8 Å². The van der Waals surface area contributed by atoms with Crippen molar-refractivity contribution in [2.24, 2.45) is 5.14 Å². The maximum atomic E-state index is 12.2. The molecule has 2 aromatic rings. The summed E-state index contributed by atoms with van der Waals surface area (Å²) in [5.74, 6) is 0. The minimum absolute atomic E-state index is 0.0771. The molecule has 0 spiro atoms. The van der Waals surface area contributed by atoms with E-state index >= 15 is 0 Å². The number of sulfonamides is 2. The van der Waals surface area contributed by atoms with Crippen LogP contribution in [0, 0.1) is 0 Å². The zero-order chi connectivity index (χ0) is 15.7. The molecule has 21 heavy (non-hydrogen) atoms. The summed E-state index contributed by atoms with van der Waals surface area (Å²) in [6, 6.07) is 11.1. The van der Waals surface area contributed by atoms with Gasteiger partial charge in [0.2, 0.25) is 10.0 Å². The third-order valence-electron chi connectivity index (χ3n) is 2.61. The van der Waals surface area contributed by atoms with Crippen LogP contribution in [0.5, 0.6) is 0 Å². The van der Waals surface area contributed by atoms with Crippen LogP contribution in [-0.4, -0.2) is 16.8 Å². The standard InChI is InChI=1S/C12H13N3O4S2/c13-9-4-3-5-10(8-9)21(18,19)15-11-6-1-2-7-12(11)20(14,16)17/h1-8,15H,13H2,(H2,14,16,17). The number of anilines is 2. The van der Waals surface area contributed by atoms with Crippen LogP contribution in [-0.2, 0) is 20.0 Å². The quantitative estimate of drug-likeness (QED) is 0.712. The lowest BCUT2D eigenvalue weighted by Gasteiger charge is -2.11. The molecule has 0 unspecified atom stereocenters. The van der Waals surface area contributed by atoms with Gasteiger partial charge in [-0.25, -0.2) is 22.0 Å². The van der Waals surface area contributed by atoms with E-state index in [1.165, 1.54) is 48.5 Å². The van der Waals surface area contributed by atoms with Crippen molar-refractivity contribution in [2.45, 2.75) is 9.79 Å². The number of rotatable bonds is 4. The summed E-state index contributed by atoms with van der Waals surface area (Å²) in [5, 5.41) is 5.06. The molecular formula is C12H13N3O4S2. The van der Waals surface area contributed by atoms with Crippen LogP contribution in [0.2, 0.25) is 0 Å². The Morgan fingerprint density at radius 3 is 2.19 bits per heavy atom. The monoisotopic (exact) mass is 327 g/mol. The van der Waals surface area contributed by atoms with Crippen molar-refractivity contribution in [1.82, 2.24) is 0 Å². The van der Waals surface area contributed by atoms with Crippen molar-refractivity contribution < 1.29 is 16.8 Å².